The highest BCUT2D eigenvalue weighted by Gasteiger charge is 2.43. The monoisotopic (exact) mass is 375 g/mol. The molecule has 142 valence electrons. The highest BCUT2D eigenvalue weighted by Crippen LogP contribution is 2.44. The van der Waals surface area contributed by atoms with Crippen molar-refractivity contribution in [2.24, 2.45) is 7.05 Å². The largest absolute Gasteiger partial charge is 0.382 e. The summed E-state index contributed by atoms with van der Waals surface area (Å²) in [4.78, 5) is 12.4. The van der Waals surface area contributed by atoms with E-state index in [-0.39, 0.29) is 11.7 Å². The fourth-order valence-corrected chi connectivity index (χ4v) is 3.51. The van der Waals surface area contributed by atoms with Gasteiger partial charge in [0.15, 0.2) is 0 Å². The average Bonchev–Trinajstić information content (AvgIpc) is 3.09. The molecule has 1 amide bonds. The van der Waals surface area contributed by atoms with Gasteiger partial charge in [0.25, 0.3) is 5.91 Å². The lowest BCUT2D eigenvalue weighted by atomic mass is 9.63. The summed E-state index contributed by atoms with van der Waals surface area (Å²) in [7, 11) is 1.75. The molecule has 1 aliphatic carbocycles. The van der Waals surface area contributed by atoms with Gasteiger partial charge in [0.05, 0.1) is 22.9 Å². The number of rotatable bonds is 4. The zero-order valence-corrected chi connectivity index (χ0v) is 15.5. The second-order valence-corrected chi connectivity index (χ2v) is 7.09. The van der Waals surface area contributed by atoms with Crippen molar-refractivity contribution in [2.75, 3.05) is 5.73 Å². The summed E-state index contributed by atoms with van der Waals surface area (Å²) in [6, 6.07) is 11.5. The third-order valence-electron chi connectivity index (χ3n) is 5.31. The Morgan fingerprint density at radius 2 is 1.93 bits per heavy atom. The first-order chi connectivity index (χ1) is 13.5. The molecule has 1 aromatic carbocycles. The Labute approximate surface area is 162 Å². The van der Waals surface area contributed by atoms with Crippen molar-refractivity contribution in [3.63, 3.8) is 0 Å². The number of nitrogens with zero attached hydrogens (tertiary/aromatic N) is 4. The zero-order valence-electron chi connectivity index (χ0n) is 15.5. The van der Waals surface area contributed by atoms with Crippen molar-refractivity contribution in [1.29, 1.82) is 5.41 Å². The molecule has 3 aromatic rings. The number of amides is 1. The molecule has 2 aromatic heterocycles. The molecule has 1 aliphatic rings. The predicted molar refractivity (Wildman–Crippen MR) is 106 cm³/mol. The number of carbonyl (C=O) groups excluding carboxylic acids is 1. The molecule has 1 saturated carbocycles. The van der Waals surface area contributed by atoms with Gasteiger partial charge < -0.3 is 11.1 Å². The van der Waals surface area contributed by atoms with Gasteiger partial charge in [0.2, 0.25) is 0 Å². The minimum atomic E-state index is -0.455. The fraction of sp³-hybridized carbons (Fsp3) is 0.250. The summed E-state index contributed by atoms with van der Waals surface area (Å²) in [5, 5.41) is 23.3. The molecule has 8 heteroatoms. The normalized spacial score (nSPS) is 14.9. The number of nitrogens with two attached hydrogens (primary N) is 1. The molecule has 28 heavy (non-hydrogen) atoms. The van der Waals surface area contributed by atoms with Crippen LogP contribution in [0.4, 0.5) is 5.82 Å². The van der Waals surface area contributed by atoms with Gasteiger partial charge in [-0.25, -0.2) is 0 Å². The smallest absolute Gasteiger partial charge is 0.259 e. The Bertz CT molecular complexity index is 1020. The second-order valence-electron chi connectivity index (χ2n) is 7.09. The Morgan fingerprint density at radius 1 is 1.18 bits per heavy atom. The number of anilines is 1. The van der Waals surface area contributed by atoms with Gasteiger partial charge in [0, 0.05) is 18.8 Å². The van der Waals surface area contributed by atoms with E-state index in [2.05, 4.69) is 20.6 Å². The topological polar surface area (TPSA) is 123 Å². The number of aryl methyl sites for hydroxylation is 1. The molecular weight excluding hydrogens is 354 g/mol. The van der Waals surface area contributed by atoms with Crippen molar-refractivity contribution in [3.8, 4) is 11.3 Å². The minimum Gasteiger partial charge on any atom is -0.382 e. The molecule has 0 radical (unpaired) electrons. The van der Waals surface area contributed by atoms with E-state index < -0.39 is 5.41 Å². The van der Waals surface area contributed by atoms with Crippen LogP contribution in [0.1, 0.15) is 35.2 Å². The lowest BCUT2D eigenvalue weighted by molar-refractivity contribution is 0.0972. The predicted octanol–water partition coefficient (Wildman–Crippen LogP) is 2.29. The standard InChI is InChI=1S/C20H21N7O/c1-27-12-14(11-23-27)18(28)24-19(22)20(9-2-10-20)15-5-3-13(4-6-15)16-7-8-17(21)26-25-16/h3-8,11-12H,2,9-10H2,1H3,(H2,21,26)(H2,22,24,28). The van der Waals surface area contributed by atoms with Crippen molar-refractivity contribution in [1.82, 2.24) is 25.3 Å². The molecule has 0 bridgehead atoms. The number of aromatic nitrogens is 4. The number of amidine groups is 1. The van der Waals surface area contributed by atoms with Gasteiger partial charge in [-0.05, 0) is 30.5 Å². The van der Waals surface area contributed by atoms with Crippen LogP contribution < -0.4 is 11.1 Å². The summed E-state index contributed by atoms with van der Waals surface area (Å²) < 4.78 is 1.57. The summed E-state index contributed by atoms with van der Waals surface area (Å²) in [5.74, 6) is 0.303. The number of nitrogens with one attached hydrogen (secondary N) is 2. The fourth-order valence-electron chi connectivity index (χ4n) is 3.51. The average molecular weight is 375 g/mol. The van der Waals surface area contributed by atoms with Crippen LogP contribution >= 0.6 is 0 Å². The van der Waals surface area contributed by atoms with Crippen LogP contribution in [0.5, 0.6) is 0 Å². The van der Waals surface area contributed by atoms with Crippen LogP contribution in [0.25, 0.3) is 11.3 Å². The van der Waals surface area contributed by atoms with Gasteiger partial charge in [-0.15, -0.1) is 10.2 Å². The summed E-state index contributed by atoms with van der Waals surface area (Å²) in [6.45, 7) is 0. The van der Waals surface area contributed by atoms with Gasteiger partial charge in [0.1, 0.15) is 11.7 Å². The van der Waals surface area contributed by atoms with Gasteiger partial charge >= 0.3 is 0 Å². The molecule has 2 heterocycles. The quantitative estimate of drug-likeness (QED) is 0.477. The van der Waals surface area contributed by atoms with Gasteiger partial charge in [-0.2, -0.15) is 5.10 Å². The Hall–Kier alpha value is -3.55. The van der Waals surface area contributed by atoms with E-state index in [4.69, 9.17) is 11.1 Å². The lowest BCUT2D eigenvalue weighted by Crippen LogP contribution is -2.50. The van der Waals surface area contributed by atoms with Crippen LogP contribution in [-0.4, -0.2) is 31.7 Å². The van der Waals surface area contributed by atoms with Crippen molar-refractivity contribution in [3.05, 3.63) is 59.9 Å². The maximum Gasteiger partial charge on any atom is 0.259 e. The van der Waals surface area contributed by atoms with E-state index >= 15 is 0 Å². The van der Waals surface area contributed by atoms with Crippen molar-refractivity contribution >= 4 is 17.6 Å². The van der Waals surface area contributed by atoms with Gasteiger partial charge in [-0.1, -0.05) is 30.7 Å². The van der Waals surface area contributed by atoms with E-state index in [1.807, 2.05) is 30.3 Å². The van der Waals surface area contributed by atoms with E-state index in [9.17, 15) is 4.79 Å². The minimum absolute atomic E-state index is 0.229. The molecule has 0 aliphatic heterocycles. The SMILES string of the molecule is Cn1cc(C(=O)NC(=N)C2(c3ccc(-c4ccc(N)nn4)cc3)CCC2)cn1. The molecule has 0 saturated heterocycles. The number of hydrogen-bond acceptors (Lipinski definition) is 6. The highest BCUT2D eigenvalue weighted by molar-refractivity contribution is 6.08. The van der Waals surface area contributed by atoms with Crippen LogP contribution in [0.15, 0.2) is 48.8 Å². The lowest BCUT2D eigenvalue weighted by Gasteiger charge is -2.42. The Balaban J connectivity index is 1.54. The van der Waals surface area contributed by atoms with Crippen molar-refractivity contribution < 1.29 is 4.79 Å². The number of nitrogen functional groups attached to an aromatic ring is 1. The van der Waals surface area contributed by atoms with Gasteiger partial charge in [-0.3, -0.25) is 14.9 Å². The van der Waals surface area contributed by atoms with Crippen LogP contribution in [-0.2, 0) is 12.5 Å². The Morgan fingerprint density at radius 3 is 2.46 bits per heavy atom. The maximum absolute atomic E-state index is 12.4. The molecule has 4 N–H and O–H groups in total. The maximum atomic E-state index is 12.4. The number of benzene rings is 1. The van der Waals surface area contributed by atoms with Crippen LogP contribution in [0, 0.1) is 5.41 Å². The van der Waals surface area contributed by atoms with E-state index in [1.165, 1.54) is 6.20 Å². The zero-order chi connectivity index (χ0) is 19.7. The number of hydrogen-bond donors (Lipinski definition) is 3. The molecule has 8 nitrogen and oxygen atoms in total. The first kappa shape index (κ1) is 17.8. The molecular formula is C20H21N7O. The summed E-state index contributed by atoms with van der Waals surface area (Å²) in [5.41, 5.74) is 8.26. The third kappa shape index (κ3) is 3.13. The molecule has 1 fully saturated rings. The Kier molecular flexibility index (Phi) is 4.38. The highest BCUT2D eigenvalue weighted by atomic mass is 16.1. The molecule has 0 spiro atoms. The number of carbonyl (C=O) groups is 1. The van der Waals surface area contributed by atoms with E-state index in [1.54, 1.807) is 24.0 Å². The first-order valence-electron chi connectivity index (χ1n) is 9.07. The summed E-state index contributed by atoms with van der Waals surface area (Å²) in [6.07, 6.45) is 5.83. The molecule has 0 unspecified atom stereocenters. The second kappa shape index (κ2) is 6.88. The van der Waals surface area contributed by atoms with E-state index in [0.29, 0.717) is 11.4 Å². The van der Waals surface area contributed by atoms with Crippen molar-refractivity contribution in [2.45, 2.75) is 24.7 Å². The third-order valence-corrected chi connectivity index (χ3v) is 5.31. The van der Waals surface area contributed by atoms with E-state index in [0.717, 1.165) is 36.1 Å². The van der Waals surface area contributed by atoms with Crippen LogP contribution in [0.3, 0.4) is 0 Å². The summed E-state index contributed by atoms with van der Waals surface area (Å²) >= 11 is 0. The molecule has 4 rings (SSSR count). The van der Waals surface area contributed by atoms with Crippen LogP contribution in [0.2, 0.25) is 0 Å². The molecule has 0 atom stereocenters. The first-order valence-corrected chi connectivity index (χ1v) is 9.07.